The van der Waals surface area contributed by atoms with Crippen molar-refractivity contribution in [3.8, 4) is 11.1 Å². The summed E-state index contributed by atoms with van der Waals surface area (Å²) >= 11 is 4.08. The van der Waals surface area contributed by atoms with Crippen molar-refractivity contribution in [3.63, 3.8) is 0 Å². The molecule has 0 radical (unpaired) electrons. The molecule has 0 saturated heterocycles. The van der Waals surface area contributed by atoms with Gasteiger partial charge in [0.25, 0.3) is 0 Å². The van der Waals surface area contributed by atoms with E-state index < -0.39 is 12.0 Å². The Labute approximate surface area is 139 Å². The quantitative estimate of drug-likeness (QED) is 0.478. The van der Waals surface area contributed by atoms with Crippen LogP contribution in [0, 0.1) is 0 Å². The molecule has 2 rings (SSSR count). The minimum Gasteiger partial charge on any atom is -0.478 e. The molecule has 2 aromatic rings. The molecule has 0 aliphatic rings. The summed E-state index contributed by atoms with van der Waals surface area (Å²) in [5.41, 5.74) is 14.1. The van der Waals surface area contributed by atoms with Crippen LogP contribution in [-0.2, 0) is 6.54 Å². The highest BCUT2D eigenvalue weighted by Gasteiger charge is 2.21. The van der Waals surface area contributed by atoms with Crippen LogP contribution in [0.25, 0.3) is 11.1 Å². The molecule has 23 heavy (non-hydrogen) atoms. The number of nitrogens with two attached hydrogens (primary N) is 2. The van der Waals surface area contributed by atoms with Gasteiger partial charge in [-0.3, -0.25) is 4.79 Å². The number of benzene rings is 2. The molecule has 0 aliphatic carbocycles. The van der Waals surface area contributed by atoms with Crippen LogP contribution in [0.3, 0.4) is 0 Å². The van der Waals surface area contributed by atoms with E-state index in [4.69, 9.17) is 16.6 Å². The fraction of sp³-hybridized carbons (Fsp3) is 0.176. The SMILES string of the molecule is NCc1cccc(-c2cccc(C(=O)O)c2)c1C(=O)C(N)CS. The second-order valence-corrected chi connectivity index (χ2v) is 5.45. The molecule has 0 aliphatic heterocycles. The summed E-state index contributed by atoms with van der Waals surface area (Å²) in [6, 6.07) is 11.0. The molecular formula is C17H18N2O3S. The van der Waals surface area contributed by atoms with Crippen LogP contribution in [0.2, 0.25) is 0 Å². The van der Waals surface area contributed by atoms with Crippen LogP contribution < -0.4 is 11.5 Å². The van der Waals surface area contributed by atoms with Crippen molar-refractivity contribution in [3.05, 3.63) is 59.2 Å². The molecule has 0 saturated carbocycles. The van der Waals surface area contributed by atoms with Crippen molar-refractivity contribution in [2.75, 3.05) is 5.75 Å². The van der Waals surface area contributed by atoms with Crippen LogP contribution in [-0.4, -0.2) is 28.7 Å². The van der Waals surface area contributed by atoms with Gasteiger partial charge in [-0.2, -0.15) is 12.6 Å². The van der Waals surface area contributed by atoms with Gasteiger partial charge in [0, 0.05) is 17.9 Å². The first-order chi connectivity index (χ1) is 11.0. The summed E-state index contributed by atoms with van der Waals surface area (Å²) in [6.07, 6.45) is 0. The average Bonchev–Trinajstić information content (AvgIpc) is 2.59. The number of carbonyl (C=O) groups excluding carboxylic acids is 1. The highest BCUT2D eigenvalue weighted by atomic mass is 32.1. The Morgan fingerprint density at radius 2 is 1.87 bits per heavy atom. The largest absolute Gasteiger partial charge is 0.478 e. The molecule has 2 aromatic carbocycles. The lowest BCUT2D eigenvalue weighted by atomic mass is 9.90. The summed E-state index contributed by atoms with van der Waals surface area (Å²) in [5.74, 6) is -1.06. The van der Waals surface area contributed by atoms with E-state index in [1.165, 1.54) is 12.1 Å². The van der Waals surface area contributed by atoms with Crippen molar-refractivity contribution in [2.45, 2.75) is 12.6 Å². The molecule has 1 unspecified atom stereocenters. The smallest absolute Gasteiger partial charge is 0.335 e. The predicted octanol–water partition coefficient (Wildman–Crippen LogP) is 1.95. The topological polar surface area (TPSA) is 106 Å². The number of hydrogen-bond donors (Lipinski definition) is 4. The Morgan fingerprint density at radius 1 is 1.17 bits per heavy atom. The number of carboxylic acid groups (broad SMARTS) is 1. The zero-order chi connectivity index (χ0) is 17.0. The van der Waals surface area contributed by atoms with E-state index in [0.717, 1.165) is 0 Å². The molecule has 0 amide bonds. The predicted molar refractivity (Wildman–Crippen MR) is 92.9 cm³/mol. The maximum absolute atomic E-state index is 12.6. The third kappa shape index (κ3) is 3.61. The molecular weight excluding hydrogens is 312 g/mol. The second-order valence-electron chi connectivity index (χ2n) is 5.08. The Bertz CT molecular complexity index is 746. The second kappa shape index (κ2) is 7.41. The number of thiol groups is 1. The first-order valence-corrected chi connectivity index (χ1v) is 7.69. The van der Waals surface area contributed by atoms with E-state index >= 15 is 0 Å². The molecule has 5 N–H and O–H groups in total. The Hall–Kier alpha value is -2.15. The number of aromatic carboxylic acids is 1. The zero-order valence-electron chi connectivity index (χ0n) is 12.4. The molecule has 120 valence electrons. The summed E-state index contributed by atoms with van der Waals surface area (Å²) in [4.78, 5) is 23.8. The monoisotopic (exact) mass is 330 g/mol. The van der Waals surface area contributed by atoms with Gasteiger partial charge in [-0.1, -0.05) is 30.3 Å². The molecule has 0 heterocycles. The van der Waals surface area contributed by atoms with Crippen molar-refractivity contribution in [1.29, 1.82) is 0 Å². The molecule has 0 fully saturated rings. The number of Topliss-reactive ketones (excluding diaryl/α,β-unsaturated/α-hetero) is 1. The van der Waals surface area contributed by atoms with E-state index in [-0.39, 0.29) is 23.6 Å². The van der Waals surface area contributed by atoms with E-state index in [1.807, 2.05) is 0 Å². The van der Waals surface area contributed by atoms with E-state index in [2.05, 4.69) is 12.6 Å². The van der Waals surface area contributed by atoms with Crippen molar-refractivity contribution >= 4 is 24.4 Å². The average molecular weight is 330 g/mol. The van der Waals surface area contributed by atoms with Gasteiger partial charge < -0.3 is 16.6 Å². The maximum atomic E-state index is 12.6. The summed E-state index contributed by atoms with van der Waals surface area (Å²) in [6.45, 7) is 0.187. The van der Waals surface area contributed by atoms with Gasteiger partial charge in [0.1, 0.15) is 0 Å². The van der Waals surface area contributed by atoms with E-state index in [1.54, 1.807) is 30.3 Å². The molecule has 0 bridgehead atoms. The third-order valence-electron chi connectivity index (χ3n) is 3.57. The van der Waals surface area contributed by atoms with Gasteiger partial charge in [0.05, 0.1) is 11.6 Å². The molecule has 1 atom stereocenters. The highest BCUT2D eigenvalue weighted by molar-refractivity contribution is 7.80. The van der Waals surface area contributed by atoms with E-state index in [0.29, 0.717) is 22.3 Å². The minimum atomic E-state index is -1.03. The van der Waals surface area contributed by atoms with E-state index in [9.17, 15) is 9.59 Å². The fourth-order valence-corrected chi connectivity index (χ4v) is 2.56. The molecule has 0 aromatic heterocycles. The van der Waals surface area contributed by atoms with Crippen molar-refractivity contribution in [1.82, 2.24) is 0 Å². The summed E-state index contributed by atoms with van der Waals surface area (Å²) < 4.78 is 0. The minimum absolute atomic E-state index is 0.151. The van der Waals surface area contributed by atoms with Crippen LogP contribution >= 0.6 is 12.6 Å². The lowest BCUT2D eigenvalue weighted by molar-refractivity contribution is 0.0696. The highest BCUT2D eigenvalue weighted by Crippen LogP contribution is 2.28. The maximum Gasteiger partial charge on any atom is 0.335 e. The molecule has 6 heteroatoms. The number of ketones is 1. The van der Waals surface area contributed by atoms with Gasteiger partial charge in [-0.05, 0) is 28.8 Å². The van der Waals surface area contributed by atoms with Crippen LogP contribution in [0.5, 0.6) is 0 Å². The fourth-order valence-electron chi connectivity index (χ4n) is 2.39. The Kier molecular flexibility index (Phi) is 5.54. The standard InChI is InChI=1S/C17H18N2O3S/c18-8-12-5-2-6-13(15(12)16(20)14(19)9-23)10-3-1-4-11(7-10)17(21)22/h1-7,14,23H,8-9,18-19H2,(H,21,22). The number of carboxylic acids is 1. The lowest BCUT2D eigenvalue weighted by Gasteiger charge is -2.16. The molecule has 0 spiro atoms. The van der Waals surface area contributed by atoms with Crippen LogP contribution in [0.4, 0.5) is 0 Å². The number of hydrogen-bond acceptors (Lipinski definition) is 5. The van der Waals surface area contributed by atoms with Gasteiger partial charge in [-0.15, -0.1) is 0 Å². The number of carbonyl (C=O) groups is 2. The van der Waals surface area contributed by atoms with Gasteiger partial charge >= 0.3 is 5.97 Å². The van der Waals surface area contributed by atoms with Crippen molar-refractivity contribution < 1.29 is 14.7 Å². The zero-order valence-corrected chi connectivity index (χ0v) is 13.3. The van der Waals surface area contributed by atoms with Crippen LogP contribution in [0.15, 0.2) is 42.5 Å². The first-order valence-electron chi connectivity index (χ1n) is 7.06. The van der Waals surface area contributed by atoms with Crippen molar-refractivity contribution in [2.24, 2.45) is 11.5 Å². The normalized spacial score (nSPS) is 12.0. The first kappa shape index (κ1) is 17.2. The molecule has 5 nitrogen and oxygen atoms in total. The Morgan fingerprint density at radius 3 is 2.48 bits per heavy atom. The van der Waals surface area contributed by atoms with Crippen LogP contribution in [0.1, 0.15) is 26.3 Å². The summed E-state index contributed by atoms with van der Waals surface area (Å²) in [7, 11) is 0. The Balaban J connectivity index is 2.65. The third-order valence-corrected chi connectivity index (χ3v) is 3.96. The van der Waals surface area contributed by atoms with Gasteiger partial charge in [0.2, 0.25) is 0 Å². The summed E-state index contributed by atoms with van der Waals surface area (Å²) in [5, 5.41) is 9.14. The lowest BCUT2D eigenvalue weighted by Crippen LogP contribution is -2.33. The number of rotatable bonds is 6. The van der Waals surface area contributed by atoms with Gasteiger partial charge in [0.15, 0.2) is 5.78 Å². The van der Waals surface area contributed by atoms with Gasteiger partial charge in [-0.25, -0.2) is 4.79 Å².